The number of ether oxygens (including phenoxy) is 3. The number of carbonyl (C=O) groups is 4. The van der Waals surface area contributed by atoms with E-state index in [1.807, 2.05) is 37.1 Å². The van der Waals surface area contributed by atoms with E-state index in [1.165, 1.54) is 16.3 Å². The van der Waals surface area contributed by atoms with Gasteiger partial charge < -0.3 is 29.0 Å². The third-order valence-electron chi connectivity index (χ3n) is 13.2. The van der Waals surface area contributed by atoms with Gasteiger partial charge in [0.25, 0.3) is 5.91 Å². The quantitative estimate of drug-likeness (QED) is 0.175. The molecule has 3 amide bonds. The second-order valence-corrected chi connectivity index (χ2v) is 19.0. The molecule has 1 saturated carbocycles. The number of hydrazine groups is 1. The van der Waals surface area contributed by atoms with E-state index in [0.717, 1.165) is 63.9 Å². The number of nitrogens with one attached hydrogen (secondary N) is 2. The van der Waals surface area contributed by atoms with Gasteiger partial charge in [-0.1, -0.05) is 26.8 Å². The molecule has 4 aliphatic rings. The van der Waals surface area contributed by atoms with Crippen LogP contribution in [-0.4, -0.2) is 100 Å². The molecule has 8 rings (SSSR count). The molecule has 3 aliphatic heterocycles. The van der Waals surface area contributed by atoms with E-state index >= 15 is 0 Å². The van der Waals surface area contributed by atoms with Crippen molar-refractivity contribution in [1.82, 2.24) is 35.2 Å². The number of nitrogens with zero attached hydrogens (tertiary/aromatic N) is 5. The lowest BCUT2D eigenvalue weighted by atomic mass is 9.84. The molecule has 3 fully saturated rings. The number of cyclic esters (lactones) is 1. The number of thiazole rings is 1. The number of fused-ring (bicyclic) bond motifs is 6. The normalized spacial score (nSPS) is 25.9. The van der Waals surface area contributed by atoms with E-state index in [2.05, 4.69) is 60.3 Å². The predicted molar refractivity (Wildman–Crippen MR) is 237 cm³/mol. The second kappa shape index (κ2) is 18.2. The summed E-state index contributed by atoms with van der Waals surface area (Å²) in [5.41, 5.74) is 9.28. The highest BCUT2D eigenvalue weighted by Gasteiger charge is 2.58. The standard InChI is InChI=1S/C47H61N7O7S/c1-8-53-35-18-17-29-23-31(35)32(40(53)30-15-13-19-48-38(30)28(4)59-7)24-47(5,6)26-61-46(58)33-16-14-22-54(51-33)45(57)39(41(60-9-2)43-49-34(29)25-62-43)50-42(55)36-27(3)37(36)44(56)52-20-11-10-12-21-52/h13,15,17-19,23,25,27-28,33,36-37,39,41,51H,8-12,14,16,20-22,24,26H2,1-7H3,(H,50,55)/t27-,28+,33+,36-,37-,39+,41+/m1/s1. The average Bonchev–Trinajstić information content (AvgIpc) is 3.57. The minimum atomic E-state index is -1.20. The van der Waals surface area contributed by atoms with Crippen LogP contribution >= 0.6 is 11.3 Å². The van der Waals surface area contributed by atoms with Gasteiger partial charge in [0.05, 0.1) is 41.6 Å². The number of likely N-dealkylation sites (tertiary alicyclic amines) is 1. The predicted octanol–water partition coefficient (Wildman–Crippen LogP) is 6.63. The highest BCUT2D eigenvalue weighted by molar-refractivity contribution is 7.10. The van der Waals surface area contributed by atoms with Gasteiger partial charge in [0.15, 0.2) is 0 Å². The Morgan fingerprint density at radius 1 is 1.08 bits per heavy atom. The first kappa shape index (κ1) is 43.9. The van der Waals surface area contributed by atoms with Gasteiger partial charge in [0, 0.05) is 78.9 Å². The molecule has 0 radical (unpaired) electrons. The van der Waals surface area contributed by atoms with Gasteiger partial charge in [0.1, 0.15) is 23.2 Å². The average molecular weight is 868 g/mol. The van der Waals surface area contributed by atoms with Gasteiger partial charge in [-0.25, -0.2) is 10.4 Å². The molecular weight excluding hydrogens is 807 g/mol. The Morgan fingerprint density at radius 2 is 1.87 bits per heavy atom. The molecule has 2 N–H and O–H groups in total. The van der Waals surface area contributed by atoms with Crippen molar-refractivity contribution >= 4 is 45.9 Å². The summed E-state index contributed by atoms with van der Waals surface area (Å²) in [6, 6.07) is 8.46. The molecule has 3 aromatic heterocycles. The Bertz CT molecular complexity index is 2320. The first-order chi connectivity index (χ1) is 29.8. The van der Waals surface area contributed by atoms with Crippen LogP contribution in [0.2, 0.25) is 0 Å². The number of aryl methyl sites for hydroxylation is 1. The molecule has 0 unspecified atom stereocenters. The largest absolute Gasteiger partial charge is 0.464 e. The first-order valence-electron chi connectivity index (χ1n) is 22.4. The summed E-state index contributed by atoms with van der Waals surface area (Å²) in [6.45, 7) is 14.9. The molecule has 62 heavy (non-hydrogen) atoms. The van der Waals surface area contributed by atoms with Gasteiger partial charge in [-0.2, -0.15) is 0 Å². The zero-order chi connectivity index (χ0) is 43.9. The Morgan fingerprint density at radius 3 is 2.61 bits per heavy atom. The molecule has 14 nitrogen and oxygen atoms in total. The number of methoxy groups -OCH3 is 1. The summed E-state index contributed by atoms with van der Waals surface area (Å²) in [7, 11) is 1.69. The van der Waals surface area contributed by atoms with Gasteiger partial charge in [-0.15, -0.1) is 11.3 Å². The van der Waals surface area contributed by atoms with Crippen molar-refractivity contribution in [1.29, 1.82) is 0 Å². The maximum atomic E-state index is 14.8. The maximum Gasteiger partial charge on any atom is 0.324 e. The molecule has 6 bridgehead atoms. The fourth-order valence-electron chi connectivity index (χ4n) is 9.76. The second-order valence-electron chi connectivity index (χ2n) is 18.1. The number of hydrogen-bond acceptors (Lipinski definition) is 11. The van der Waals surface area contributed by atoms with E-state index in [9.17, 15) is 19.2 Å². The number of rotatable bonds is 9. The summed E-state index contributed by atoms with van der Waals surface area (Å²) in [4.78, 5) is 68.4. The van der Waals surface area contributed by atoms with Crippen LogP contribution in [0.5, 0.6) is 0 Å². The summed E-state index contributed by atoms with van der Waals surface area (Å²) in [5.74, 6) is -2.42. The van der Waals surface area contributed by atoms with Crippen molar-refractivity contribution in [3.63, 3.8) is 0 Å². The number of esters is 1. The molecule has 4 aromatic rings. The summed E-state index contributed by atoms with van der Waals surface area (Å²) >= 11 is 1.37. The molecule has 7 atom stereocenters. The number of carbonyl (C=O) groups excluding carboxylic acids is 4. The number of benzene rings is 1. The molecular formula is C47H61N7O7S. The zero-order valence-corrected chi connectivity index (χ0v) is 37.9. The Balaban J connectivity index is 1.22. The van der Waals surface area contributed by atoms with Crippen molar-refractivity contribution in [2.45, 2.75) is 111 Å². The van der Waals surface area contributed by atoms with Crippen molar-refractivity contribution in [3.8, 4) is 22.5 Å². The number of piperidine rings is 1. The number of hydrogen-bond donors (Lipinski definition) is 2. The van der Waals surface area contributed by atoms with E-state index in [1.54, 1.807) is 13.3 Å². The third-order valence-corrected chi connectivity index (χ3v) is 14.1. The molecule has 6 heterocycles. The van der Waals surface area contributed by atoms with Crippen LogP contribution in [0.3, 0.4) is 0 Å². The van der Waals surface area contributed by atoms with E-state index in [4.69, 9.17) is 24.2 Å². The first-order valence-corrected chi connectivity index (χ1v) is 23.3. The molecule has 332 valence electrons. The van der Waals surface area contributed by atoms with Crippen LogP contribution in [-0.2, 0) is 46.4 Å². The highest BCUT2D eigenvalue weighted by Crippen LogP contribution is 2.48. The van der Waals surface area contributed by atoms with Gasteiger partial charge >= 0.3 is 5.97 Å². The van der Waals surface area contributed by atoms with Crippen molar-refractivity contribution in [2.24, 2.45) is 23.2 Å². The van der Waals surface area contributed by atoms with Crippen molar-refractivity contribution in [3.05, 3.63) is 58.2 Å². The number of pyridine rings is 1. The van der Waals surface area contributed by atoms with Crippen molar-refractivity contribution < 1.29 is 33.4 Å². The van der Waals surface area contributed by atoms with Crippen LogP contribution in [0.25, 0.3) is 33.4 Å². The lowest BCUT2D eigenvalue weighted by Crippen LogP contribution is -2.61. The fraction of sp³-hybridized carbons (Fsp3) is 0.574. The van der Waals surface area contributed by atoms with E-state index in [-0.39, 0.29) is 37.0 Å². The minimum absolute atomic E-state index is 0.00785. The number of aromatic nitrogens is 3. The SMILES string of the molecule is CCO[C@@H]1c2nc(cs2)-c2ccc3c(c2)c(c(-c2cccnc2[C@H](C)OC)n3CC)CC(C)(C)COC(=O)[C@@H]2CCCN(N2)C(=O)[C@H]1NC(=O)[C@@H]1[C@@H](C)[C@H]1C(=O)N1CCCCC1. The monoisotopic (exact) mass is 867 g/mol. The fourth-order valence-corrected chi connectivity index (χ4v) is 10.7. The van der Waals surface area contributed by atoms with Crippen molar-refractivity contribution in [2.75, 3.05) is 40.0 Å². The van der Waals surface area contributed by atoms with Gasteiger partial charge in [-0.05, 0) is 95.0 Å². The summed E-state index contributed by atoms with van der Waals surface area (Å²) in [5, 5.41) is 8.04. The van der Waals surface area contributed by atoms with Crippen LogP contribution in [0.1, 0.15) is 102 Å². The Kier molecular flexibility index (Phi) is 12.9. The van der Waals surface area contributed by atoms with Crippen LogP contribution in [0.15, 0.2) is 41.9 Å². The number of amides is 3. The lowest BCUT2D eigenvalue weighted by molar-refractivity contribution is -0.156. The highest BCUT2D eigenvalue weighted by atomic mass is 32.1. The summed E-state index contributed by atoms with van der Waals surface area (Å²) < 4.78 is 20.6. The molecule has 1 aliphatic carbocycles. The smallest absolute Gasteiger partial charge is 0.324 e. The molecule has 0 spiro atoms. The molecule has 2 saturated heterocycles. The van der Waals surface area contributed by atoms with Crippen LogP contribution in [0.4, 0.5) is 0 Å². The minimum Gasteiger partial charge on any atom is -0.464 e. The van der Waals surface area contributed by atoms with Crippen LogP contribution in [0, 0.1) is 23.2 Å². The zero-order valence-electron chi connectivity index (χ0n) is 37.1. The lowest BCUT2D eigenvalue weighted by Gasteiger charge is -2.37. The Hall–Kier alpha value is -4.70. The Labute approximate surface area is 368 Å². The third kappa shape index (κ3) is 8.52. The maximum absolute atomic E-state index is 14.8. The van der Waals surface area contributed by atoms with Crippen LogP contribution < -0.4 is 10.7 Å². The van der Waals surface area contributed by atoms with E-state index < -0.39 is 47.3 Å². The van der Waals surface area contributed by atoms with Gasteiger partial charge in [0.2, 0.25) is 11.8 Å². The molecule has 1 aromatic carbocycles. The molecule has 15 heteroatoms. The van der Waals surface area contributed by atoms with Gasteiger partial charge in [-0.3, -0.25) is 29.2 Å². The summed E-state index contributed by atoms with van der Waals surface area (Å²) in [6.07, 6.45) is 5.22. The van der Waals surface area contributed by atoms with E-state index in [0.29, 0.717) is 50.4 Å². The topological polar surface area (TPSA) is 157 Å².